The highest BCUT2D eigenvalue weighted by molar-refractivity contribution is 7.19. The van der Waals surface area contributed by atoms with Gasteiger partial charge >= 0.3 is 0 Å². The van der Waals surface area contributed by atoms with Crippen LogP contribution in [0.4, 0.5) is 0 Å². The van der Waals surface area contributed by atoms with Gasteiger partial charge in [0.05, 0.1) is 33.1 Å². The molecule has 0 radical (unpaired) electrons. The smallest absolute Gasteiger partial charge is 0.258 e. The van der Waals surface area contributed by atoms with E-state index < -0.39 is 10.8 Å². The largest absolute Gasteiger partial charge is 0.288 e. The molecule has 4 heterocycles. The molecule has 0 saturated heterocycles. The fraction of sp³-hybridized carbons (Fsp3) is 0.325. The number of aryl methyl sites for hydroxylation is 4. The van der Waals surface area contributed by atoms with E-state index in [9.17, 15) is 19.2 Å². The number of hydrogen-bond acceptors (Lipinski definition) is 6. The van der Waals surface area contributed by atoms with Gasteiger partial charge in [-0.2, -0.15) is 0 Å². The van der Waals surface area contributed by atoms with Crippen LogP contribution in [0, 0.1) is 0 Å². The van der Waals surface area contributed by atoms with E-state index >= 15 is 0 Å². The zero-order chi connectivity index (χ0) is 60.5. The van der Waals surface area contributed by atoms with E-state index in [4.69, 9.17) is 0 Å². The van der Waals surface area contributed by atoms with Crippen LogP contribution in [-0.4, -0.2) is 23.6 Å². The van der Waals surface area contributed by atoms with E-state index in [1.165, 1.54) is 165 Å². The maximum atomic E-state index is 13.4. The summed E-state index contributed by atoms with van der Waals surface area (Å²) in [5, 5.41) is 5.07. The highest BCUT2D eigenvalue weighted by atomic mass is 32.1. The maximum absolute atomic E-state index is 13.4. The number of amides is 4. The molecule has 0 unspecified atom stereocenters. The number of thiophene rings is 2. The van der Waals surface area contributed by atoms with Gasteiger partial charge in [-0.3, -0.25) is 29.8 Å². The molecule has 9 aromatic rings. The zero-order valence-corrected chi connectivity index (χ0v) is 53.2. The zero-order valence-electron chi connectivity index (χ0n) is 51.6. The number of nitrogens with one attached hydrogen (secondary N) is 2. The van der Waals surface area contributed by atoms with Crippen molar-refractivity contribution in [3.63, 3.8) is 0 Å². The summed E-state index contributed by atoms with van der Waals surface area (Å²) >= 11 is 3.57. The minimum atomic E-state index is -0.760. The molecule has 0 fully saturated rings. The third-order valence-electron chi connectivity index (χ3n) is 19.6. The Morgan fingerprint density at radius 1 is 0.295 bits per heavy atom. The Morgan fingerprint density at radius 3 is 0.886 bits per heavy atom. The molecule has 4 amide bonds. The van der Waals surface area contributed by atoms with Crippen molar-refractivity contribution in [1.82, 2.24) is 10.6 Å². The first-order chi connectivity index (χ1) is 43.1. The van der Waals surface area contributed by atoms with E-state index in [0.717, 1.165) is 72.2 Å². The first kappa shape index (κ1) is 59.2. The summed E-state index contributed by atoms with van der Waals surface area (Å²) in [6.45, 7) is 9.08. The molecule has 2 aromatic heterocycles. The van der Waals surface area contributed by atoms with Gasteiger partial charge in [-0.15, -0.1) is 22.7 Å². The number of hydrogen-bond donors (Lipinski definition) is 2. The second-order valence-electron chi connectivity index (χ2n) is 25.3. The summed E-state index contributed by atoms with van der Waals surface area (Å²) in [5.74, 6) is -1.42. The molecule has 4 aliphatic rings. The molecule has 88 heavy (non-hydrogen) atoms. The predicted molar refractivity (Wildman–Crippen MR) is 363 cm³/mol. The van der Waals surface area contributed by atoms with Crippen molar-refractivity contribution in [2.75, 3.05) is 0 Å². The van der Waals surface area contributed by atoms with Crippen LogP contribution < -0.4 is 10.6 Å². The fourth-order valence-corrected chi connectivity index (χ4v) is 17.3. The molecule has 0 bridgehead atoms. The lowest BCUT2D eigenvalue weighted by Crippen LogP contribution is -2.30. The number of benzene rings is 7. The van der Waals surface area contributed by atoms with Gasteiger partial charge in [0.2, 0.25) is 0 Å². The number of carbonyl (C=O) groups excluding carboxylic acids is 4. The van der Waals surface area contributed by atoms with Crippen LogP contribution in [0.15, 0.2) is 158 Å². The number of rotatable bonds is 26. The van der Waals surface area contributed by atoms with Crippen molar-refractivity contribution < 1.29 is 19.2 Å². The van der Waals surface area contributed by atoms with Gasteiger partial charge in [-0.1, -0.05) is 214 Å². The van der Waals surface area contributed by atoms with Gasteiger partial charge in [-0.25, -0.2) is 0 Å². The molecule has 6 nitrogen and oxygen atoms in total. The monoisotopic (exact) mass is 1200 g/mol. The van der Waals surface area contributed by atoms with Gasteiger partial charge in [0, 0.05) is 19.5 Å². The quantitative estimate of drug-likeness (QED) is 0.0417. The van der Waals surface area contributed by atoms with Crippen molar-refractivity contribution in [2.24, 2.45) is 0 Å². The maximum Gasteiger partial charge on any atom is 0.258 e. The first-order valence-electron chi connectivity index (χ1n) is 32.9. The van der Waals surface area contributed by atoms with Gasteiger partial charge in [0.25, 0.3) is 23.6 Å². The van der Waals surface area contributed by atoms with E-state index in [0.29, 0.717) is 22.3 Å². The van der Waals surface area contributed by atoms with Gasteiger partial charge in [0.15, 0.2) is 0 Å². The topological polar surface area (TPSA) is 92.3 Å². The van der Waals surface area contributed by atoms with Crippen LogP contribution in [0.1, 0.15) is 239 Å². The fourth-order valence-electron chi connectivity index (χ4n) is 14.8. The molecule has 0 atom stereocenters. The molecule has 0 saturated carbocycles. The molecule has 13 rings (SSSR count). The second kappa shape index (κ2) is 25.4. The molecule has 7 aromatic carbocycles. The summed E-state index contributed by atoms with van der Waals surface area (Å²) in [6.07, 6.45) is 23.3. The standard InChI is InChI=1S/C80H80N2O4S2/c1-5-9-13-17-21-51-25-35-57(36-26-51)79(58-37-27-52(28-38-58)22-18-14-10-6-2)67-47-66-68(48-65(67)73-69(79)49-71(87-73)55-33-43-61-63(45-55)77(85)81-75(61)83)80(59-39-29-53(30-40-59)23-19-15-11-7-3,60-41-31-54(32-42-60)24-20-16-12-8-4)70-50-72(88-74(66)70)56-34-44-62-64(46-56)78(86)82-76(62)84/h25-50H,5-24H2,1-4H3,(H,81,83,85)(H,82,84,86). The first-order valence-corrected chi connectivity index (χ1v) is 34.6. The lowest BCUT2D eigenvalue weighted by molar-refractivity contribution is 0.0863. The van der Waals surface area contributed by atoms with Crippen molar-refractivity contribution >= 4 is 46.3 Å². The van der Waals surface area contributed by atoms with Crippen molar-refractivity contribution in [2.45, 2.75) is 167 Å². The Labute approximate surface area is 528 Å². The molecule has 8 heteroatoms. The second-order valence-corrected chi connectivity index (χ2v) is 27.4. The van der Waals surface area contributed by atoms with Crippen LogP contribution in [0.5, 0.6) is 0 Å². The SMILES string of the molecule is CCCCCCc1ccc(C2(c3ccc(CCCCCC)cc3)c3cc4c(cc3-c3sc(-c5ccc6c(c5)C(=O)NC6=O)cc32)C(c2ccc(CCCCCC)cc2)(c2ccc(CCCCCC)cc2)c2cc(-c3ccc5c(c3)C(=O)NC5=O)sc2-4)cc1. The Balaban J connectivity index is 1.08. The summed E-state index contributed by atoms with van der Waals surface area (Å²) in [5.41, 5.74) is 19.4. The molecular weight excluding hydrogens is 1120 g/mol. The van der Waals surface area contributed by atoms with Crippen LogP contribution >= 0.6 is 22.7 Å². The van der Waals surface area contributed by atoms with E-state index in [1.807, 2.05) is 36.4 Å². The van der Waals surface area contributed by atoms with E-state index in [1.54, 1.807) is 22.7 Å². The summed E-state index contributed by atoms with van der Waals surface area (Å²) in [7, 11) is 0. The van der Waals surface area contributed by atoms with Gasteiger partial charge in [0.1, 0.15) is 0 Å². The summed E-state index contributed by atoms with van der Waals surface area (Å²) in [4.78, 5) is 57.1. The summed E-state index contributed by atoms with van der Waals surface area (Å²) in [6, 6.07) is 59.7. The number of imide groups is 2. The average Bonchev–Trinajstić information content (AvgIpc) is 1.51. The number of unbranched alkanes of at least 4 members (excludes halogenated alkanes) is 12. The van der Waals surface area contributed by atoms with Crippen LogP contribution in [-0.2, 0) is 36.5 Å². The lowest BCUT2D eigenvalue weighted by Gasteiger charge is -2.36. The highest BCUT2D eigenvalue weighted by Crippen LogP contribution is 2.66. The highest BCUT2D eigenvalue weighted by Gasteiger charge is 2.53. The minimum Gasteiger partial charge on any atom is -0.288 e. The third-order valence-corrected chi connectivity index (χ3v) is 22.0. The van der Waals surface area contributed by atoms with Gasteiger partial charge in [-0.05, 0) is 189 Å². The van der Waals surface area contributed by atoms with Crippen molar-refractivity contribution in [3.8, 4) is 41.8 Å². The molecule has 0 spiro atoms. The molecule has 2 N–H and O–H groups in total. The lowest BCUT2D eigenvalue weighted by atomic mass is 9.65. The third kappa shape index (κ3) is 10.6. The molecule has 2 aliphatic heterocycles. The number of fused-ring (bicyclic) bond motifs is 8. The Morgan fingerprint density at radius 2 is 0.591 bits per heavy atom. The molecular formula is C80H80N2O4S2. The normalized spacial score (nSPS) is 14.6. The average molecular weight is 1200 g/mol. The molecule has 446 valence electrons. The van der Waals surface area contributed by atoms with Crippen LogP contribution in [0.3, 0.4) is 0 Å². The minimum absolute atomic E-state index is 0.354. The summed E-state index contributed by atoms with van der Waals surface area (Å²) < 4.78 is 0. The van der Waals surface area contributed by atoms with E-state index in [2.05, 4.69) is 160 Å². The van der Waals surface area contributed by atoms with Crippen molar-refractivity contribution in [1.29, 1.82) is 0 Å². The predicted octanol–water partition coefficient (Wildman–Crippen LogP) is 20.1. The van der Waals surface area contributed by atoms with E-state index in [-0.39, 0.29) is 23.6 Å². The Hall–Kier alpha value is -7.78. The van der Waals surface area contributed by atoms with Gasteiger partial charge < -0.3 is 0 Å². The molecule has 2 aliphatic carbocycles. The van der Waals surface area contributed by atoms with Crippen molar-refractivity contribution in [3.05, 3.63) is 247 Å². The Bertz CT molecular complexity index is 3730. The van der Waals surface area contributed by atoms with Crippen LogP contribution in [0.25, 0.3) is 41.8 Å². The van der Waals surface area contributed by atoms with Crippen LogP contribution in [0.2, 0.25) is 0 Å². The number of carbonyl (C=O) groups is 4. The Kier molecular flexibility index (Phi) is 17.1.